The highest BCUT2D eigenvalue weighted by Crippen LogP contribution is 2.19. The second-order valence-electron chi connectivity index (χ2n) is 4.65. The lowest BCUT2D eigenvalue weighted by molar-refractivity contribution is 0.387. The smallest absolute Gasteiger partial charge is 0.223 e. The van der Waals surface area contributed by atoms with Gasteiger partial charge in [0.05, 0.1) is 0 Å². The van der Waals surface area contributed by atoms with Crippen molar-refractivity contribution in [1.29, 1.82) is 0 Å². The van der Waals surface area contributed by atoms with Gasteiger partial charge in [0.1, 0.15) is 6.54 Å². The third kappa shape index (κ3) is 6.50. The summed E-state index contributed by atoms with van der Waals surface area (Å²) in [5.41, 5.74) is 0. The molecule has 0 saturated heterocycles. The Morgan fingerprint density at radius 3 is 2.74 bits per heavy atom. The standard InChI is InChI=1S/C15H20ClN5OS/c1-3-17-15(19-10-14-20-11(2)22-21-14)18-8-9-23-13-6-4-12(16)5-7-13/h4-7H,3,8-10H2,1-2H3,(H2,17,18,19). The number of aromatic nitrogens is 2. The van der Waals surface area contributed by atoms with Gasteiger partial charge in [-0.3, -0.25) is 0 Å². The summed E-state index contributed by atoms with van der Waals surface area (Å²) in [6.45, 7) is 5.76. The van der Waals surface area contributed by atoms with Gasteiger partial charge in [0.25, 0.3) is 0 Å². The van der Waals surface area contributed by atoms with Crippen LogP contribution in [0.25, 0.3) is 0 Å². The van der Waals surface area contributed by atoms with Crippen LogP contribution in [-0.2, 0) is 6.54 Å². The van der Waals surface area contributed by atoms with Gasteiger partial charge in [0.15, 0.2) is 11.8 Å². The third-order valence-corrected chi connectivity index (χ3v) is 4.04. The van der Waals surface area contributed by atoms with Gasteiger partial charge in [0, 0.05) is 35.7 Å². The van der Waals surface area contributed by atoms with Crippen LogP contribution in [0.4, 0.5) is 0 Å². The van der Waals surface area contributed by atoms with Crippen molar-refractivity contribution in [1.82, 2.24) is 20.8 Å². The number of benzene rings is 1. The van der Waals surface area contributed by atoms with Crippen molar-refractivity contribution in [3.05, 3.63) is 41.0 Å². The average molecular weight is 354 g/mol. The Bertz CT molecular complexity index is 629. The molecule has 0 amide bonds. The van der Waals surface area contributed by atoms with E-state index in [4.69, 9.17) is 16.1 Å². The van der Waals surface area contributed by atoms with Crippen molar-refractivity contribution in [2.45, 2.75) is 25.3 Å². The SMILES string of the molecule is CCNC(=NCc1noc(C)n1)NCCSc1ccc(Cl)cc1. The third-order valence-electron chi connectivity index (χ3n) is 2.77. The summed E-state index contributed by atoms with van der Waals surface area (Å²) >= 11 is 7.64. The highest BCUT2D eigenvalue weighted by molar-refractivity contribution is 7.99. The lowest BCUT2D eigenvalue weighted by atomic mass is 10.4. The van der Waals surface area contributed by atoms with E-state index in [1.54, 1.807) is 18.7 Å². The number of hydrogen-bond acceptors (Lipinski definition) is 5. The van der Waals surface area contributed by atoms with E-state index < -0.39 is 0 Å². The van der Waals surface area contributed by atoms with Crippen molar-refractivity contribution in [2.24, 2.45) is 4.99 Å². The summed E-state index contributed by atoms with van der Waals surface area (Å²) in [5.74, 6) is 2.79. The highest BCUT2D eigenvalue weighted by Gasteiger charge is 2.02. The van der Waals surface area contributed by atoms with E-state index >= 15 is 0 Å². The van der Waals surface area contributed by atoms with Crippen LogP contribution in [0.2, 0.25) is 5.02 Å². The molecule has 0 aliphatic rings. The van der Waals surface area contributed by atoms with Crippen LogP contribution in [0.1, 0.15) is 18.6 Å². The number of guanidine groups is 1. The van der Waals surface area contributed by atoms with Crippen LogP contribution in [0, 0.1) is 6.92 Å². The minimum absolute atomic E-state index is 0.386. The molecule has 0 aliphatic heterocycles. The summed E-state index contributed by atoms with van der Waals surface area (Å²) < 4.78 is 4.93. The molecule has 0 aliphatic carbocycles. The van der Waals surface area contributed by atoms with Gasteiger partial charge in [-0.05, 0) is 31.2 Å². The maximum absolute atomic E-state index is 5.87. The van der Waals surface area contributed by atoms with Gasteiger partial charge >= 0.3 is 0 Å². The molecule has 0 bridgehead atoms. The van der Waals surface area contributed by atoms with E-state index in [0.717, 1.165) is 29.8 Å². The number of halogens is 1. The van der Waals surface area contributed by atoms with Crippen molar-refractivity contribution < 1.29 is 4.52 Å². The molecule has 124 valence electrons. The molecule has 0 atom stereocenters. The first-order valence-corrected chi connectivity index (χ1v) is 8.73. The zero-order valence-corrected chi connectivity index (χ0v) is 14.7. The number of nitrogens with zero attached hydrogens (tertiary/aromatic N) is 3. The molecule has 23 heavy (non-hydrogen) atoms. The van der Waals surface area contributed by atoms with Crippen LogP contribution in [0.3, 0.4) is 0 Å². The summed E-state index contributed by atoms with van der Waals surface area (Å²) in [4.78, 5) is 9.76. The molecule has 0 unspecified atom stereocenters. The molecule has 2 N–H and O–H groups in total. The van der Waals surface area contributed by atoms with E-state index in [2.05, 4.69) is 25.8 Å². The van der Waals surface area contributed by atoms with Gasteiger partial charge < -0.3 is 15.2 Å². The summed E-state index contributed by atoms with van der Waals surface area (Å²) in [6.07, 6.45) is 0. The fourth-order valence-electron chi connectivity index (χ4n) is 1.77. The Morgan fingerprint density at radius 2 is 2.09 bits per heavy atom. The first-order valence-electron chi connectivity index (χ1n) is 7.37. The van der Waals surface area contributed by atoms with Crippen LogP contribution >= 0.6 is 23.4 Å². The van der Waals surface area contributed by atoms with Crippen LogP contribution in [0.5, 0.6) is 0 Å². The molecular weight excluding hydrogens is 334 g/mol. The molecule has 1 heterocycles. The van der Waals surface area contributed by atoms with Crippen LogP contribution in [0.15, 0.2) is 38.7 Å². The van der Waals surface area contributed by atoms with Gasteiger partial charge in [-0.2, -0.15) is 4.98 Å². The molecule has 6 nitrogen and oxygen atoms in total. The average Bonchev–Trinajstić information content (AvgIpc) is 2.96. The van der Waals surface area contributed by atoms with Gasteiger partial charge in [0.2, 0.25) is 5.89 Å². The van der Waals surface area contributed by atoms with Gasteiger partial charge in [-0.15, -0.1) is 11.8 Å². The molecule has 8 heteroatoms. The van der Waals surface area contributed by atoms with E-state index in [9.17, 15) is 0 Å². The van der Waals surface area contributed by atoms with Crippen LogP contribution < -0.4 is 10.6 Å². The molecule has 1 aromatic carbocycles. The molecule has 1 aromatic heterocycles. The maximum Gasteiger partial charge on any atom is 0.223 e. The van der Waals surface area contributed by atoms with E-state index in [1.165, 1.54) is 4.90 Å². The van der Waals surface area contributed by atoms with Gasteiger partial charge in [-0.25, -0.2) is 4.99 Å². The summed E-state index contributed by atoms with van der Waals surface area (Å²) in [6, 6.07) is 7.83. The molecule has 0 spiro atoms. The Balaban J connectivity index is 1.76. The van der Waals surface area contributed by atoms with E-state index in [1.807, 2.05) is 31.2 Å². The number of rotatable bonds is 7. The van der Waals surface area contributed by atoms with Crippen molar-refractivity contribution in [2.75, 3.05) is 18.8 Å². The van der Waals surface area contributed by atoms with Crippen molar-refractivity contribution >= 4 is 29.3 Å². The second kappa shape index (κ2) is 9.42. The van der Waals surface area contributed by atoms with Crippen molar-refractivity contribution in [3.8, 4) is 0 Å². The molecule has 2 aromatic rings. The first-order chi connectivity index (χ1) is 11.2. The second-order valence-corrected chi connectivity index (χ2v) is 6.26. The molecular formula is C15H20ClN5OS. The quantitative estimate of drug-likeness (QED) is 0.345. The van der Waals surface area contributed by atoms with E-state index in [-0.39, 0.29) is 0 Å². The topological polar surface area (TPSA) is 75.3 Å². The van der Waals surface area contributed by atoms with Crippen molar-refractivity contribution in [3.63, 3.8) is 0 Å². The Kier molecular flexibility index (Phi) is 7.22. The minimum atomic E-state index is 0.386. The highest BCUT2D eigenvalue weighted by atomic mass is 35.5. The predicted molar refractivity (Wildman–Crippen MR) is 94.0 cm³/mol. The molecule has 0 radical (unpaired) electrons. The normalized spacial score (nSPS) is 11.5. The van der Waals surface area contributed by atoms with E-state index in [0.29, 0.717) is 18.3 Å². The predicted octanol–water partition coefficient (Wildman–Crippen LogP) is 2.88. The number of nitrogens with one attached hydrogen (secondary N) is 2. The number of hydrogen-bond donors (Lipinski definition) is 2. The number of aryl methyl sites for hydroxylation is 1. The maximum atomic E-state index is 5.87. The Morgan fingerprint density at radius 1 is 1.30 bits per heavy atom. The zero-order chi connectivity index (χ0) is 16.5. The fraction of sp³-hybridized carbons (Fsp3) is 0.400. The number of thioether (sulfide) groups is 1. The summed E-state index contributed by atoms with van der Waals surface area (Å²) in [5, 5.41) is 11.1. The minimum Gasteiger partial charge on any atom is -0.357 e. The monoisotopic (exact) mass is 353 g/mol. The van der Waals surface area contributed by atoms with Crippen LogP contribution in [-0.4, -0.2) is 34.9 Å². The lowest BCUT2D eigenvalue weighted by Gasteiger charge is -2.10. The first kappa shape index (κ1) is 17.6. The molecule has 0 fully saturated rings. The fourth-order valence-corrected chi connectivity index (χ4v) is 2.66. The lowest BCUT2D eigenvalue weighted by Crippen LogP contribution is -2.38. The van der Waals surface area contributed by atoms with Gasteiger partial charge in [-0.1, -0.05) is 16.8 Å². The largest absolute Gasteiger partial charge is 0.357 e. The molecule has 0 saturated carbocycles. The zero-order valence-electron chi connectivity index (χ0n) is 13.2. The summed E-state index contributed by atoms with van der Waals surface area (Å²) in [7, 11) is 0. The Labute approximate surface area is 145 Å². The molecule has 2 rings (SSSR count). The number of aliphatic imine (C=N–C) groups is 1. The Hall–Kier alpha value is -1.73.